The molecule has 6 heteroatoms. The number of nitrogens with zero attached hydrogens (tertiary/aromatic N) is 3. The monoisotopic (exact) mass is 396 g/mol. The molecule has 4 rings (SSSR count). The largest absolute Gasteiger partial charge is 0.319 e. The molecule has 0 bridgehead atoms. The number of halogens is 2. The standard InChI is InChI=1S/C21H18Cl2N4/c1-21(23)12-14-7-8-16(13-5-3-2-4-6-13)27-17(14)11-15(21)18(24)19-20(22)26-10-9-25-19/h2-11,18H,12,24H2,1H3. The number of rotatable bonds is 3. The summed E-state index contributed by atoms with van der Waals surface area (Å²) in [4.78, 5) is 12.6. The second-order valence-corrected chi connectivity index (χ2v) is 7.98. The van der Waals surface area contributed by atoms with Gasteiger partial charge in [0, 0.05) is 18.0 Å². The van der Waals surface area contributed by atoms with Crippen LogP contribution < -0.4 is 5.73 Å². The molecule has 27 heavy (non-hydrogen) atoms. The zero-order valence-corrected chi connectivity index (χ0v) is 16.2. The Hall–Kier alpha value is -2.27. The Morgan fingerprint density at radius 3 is 2.56 bits per heavy atom. The van der Waals surface area contributed by atoms with E-state index in [1.165, 1.54) is 6.20 Å². The van der Waals surface area contributed by atoms with Crippen molar-refractivity contribution in [3.63, 3.8) is 0 Å². The SMILES string of the molecule is CC1(Cl)Cc2ccc(-c3ccccc3)nc2C=C1C(N)c1nccnc1Cl. The number of pyridine rings is 1. The fraction of sp³-hybridized carbons (Fsp3) is 0.190. The van der Waals surface area contributed by atoms with Gasteiger partial charge in [-0.3, -0.25) is 4.98 Å². The summed E-state index contributed by atoms with van der Waals surface area (Å²) in [5.74, 6) is 0. The molecule has 0 amide bonds. The van der Waals surface area contributed by atoms with Gasteiger partial charge in [-0.1, -0.05) is 48.0 Å². The molecule has 0 spiro atoms. The smallest absolute Gasteiger partial charge is 0.152 e. The number of fused-ring (bicyclic) bond motifs is 1. The van der Waals surface area contributed by atoms with Crippen molar-refractivity contribution in [2.45, 2.75) is 24.3 Å². The van der Waals surface area contributed by atoms with E-state index in [0.29, 0.717) is 12.1 Å². The van der Waals surface area contributed by atoms with Crippen molar-refractivity contribution in [3.05, 3.63) is 82.5 Å². The summed E-state index contributed by atoms with van der Waals surface area (Å²) in [6, 6.07) is 13.6. The minimum Gasteiger partial charge on any atom is -0.319 e. The summed E-state index contributed by atoms with van der Waals surface area (Å²) in [7, 11) is 0. The highest BCUT2D eigenvalue weighted by Gasteiger charge is 2.36. The maximum atomic E-state index is 6.85. The summed E-state index contributed by atoms with van der Waals surface area (Å²) in [5, 5.41) is 0.287. The van der Waals surface area contributed by atoms with Gasteiger partial charge in [0.25, 0.3) is 0 Å². The van der Waals surface area contributed by atoms with Gasteiger partial charge in [0.15, 0.2) is 5.15 Å². The van der Waals surface area contributed by atoms with Crippen molar-refractivity contribution < 1.29 is 0 Å². The average molecular weight is 397 g/mol. The predicted octanol–water partition coefficient (Wildman–Crippen LogP) is 4.83. The summed E-state index contributed by atoms with van der Waals surface area (Å²) in [5.41, 5.74) is 11.8. The van der Waals surface area contributed by atoms with E-state index in [-0.39, 0.29) is 5.15 Å². The first-order chi connectivity index (χ1) is 13.0. The number of benzene rings is 1. The molecule has 2 unspecified atom stereocenters. The van der Waals surface area contributed by atoms with Crippen LogP contribution in [0.25, 0.3) is 17.3 Å². The minimum absolute atomic E-state index is 0.287. The molecule has 136 valence electrons. The quantitative estimate of drug-likeness (QED) is 0.643. The van der Waals surface area contributed by atoms with Crippen molar-refractivity contribution in [3.8, 4) is 11.3 Å². The summed E-state index contributed by atoms with van der Waals surface area (Å²) in [6.45, 7) is 1.96. The fourth-order valence-electron chi connectivity index (χ4n) is 3.41. The molecule has 4 nitrogen and oxygen atoms in total. The lowest BCUT2D eigenvalue weighted by Crippen LogP contribution is -2.34. The normalized spacial score (nSPS) is 19.9. The third kappa shape index (κ3) is 3.48. The topological polar surface area (TPSA) is 64.7 Å². The summed E-state index contributed by atoms with van der Waals surface area (Å²) in [6.07, 6.45) is 5.71. The lowest BCUT2D eigenvalue weighted by molar-refractivity contribution is 0.630. The van der Waals surface area contributed by atoms with E-state index < -0.39 is 10.9 Å². The van der Waals surface area contributed by atoms with E-state index in [1.807, 2.05) is 49.4 Å². The van der Waals surface area contributed by atoms with Crippen LogP contribution >= 0.6 is 23.2 Å². The van der Waals surface area contributed by atoms with Gasteiger partial charge >= 0.3 is 0 Å². The van der Waals surface area contributed by atoms with E-state index >= 15 is 0 Å². The lowest BCUT2D eigenvalue weighted by Gasteiger charge is -2.33. The van der Waals surface area contributed by atoms with Crippen LogP contribution in [-0.2, 0) is 6.42 Å². The van der Waals surface area contributed by atoms with Crippen LogP contribution in [-0.4, -0.2) is 19.8 Å². The summed E-state index contributed by atoms with van der Waals surface area (Å²) < 4.78 is 0. The van der Waals surface area contributed by atoms with Gasteiger partial charge in [-0.05, 0) is 36.6 Å². The van der Waals surface area contributed by atoms with Gasteiger partial charge in [-0.2, -0.15) is 0 Å². The van der Waals surface area contributed by atoms with Crippen LogP contribution in [0.15, 0.2) is 60.4 Å². The van der Waals surface area contributed by atoms with Gasteiger partial charge < -0.3 is 5.73 Å². The highest BCUT2D eigenvalue weighted by molar-refractivity contribution is 6.30. The van der Waals surface area contributed by atoms with Crippen LogP contribution in [0.5, 0.6) is 0 Å². The Morgan fingerprint density at radius 2 is 1.81 bits per heavy atom. The average Bonchev–Trinajstić information content (AvgIpc) is 2.67. The molecule has 1 aliphatic carbocycles. The van der Waals surface area contributed by atoms with Gasteiger partial charge in [-0.25, -0.2) is 9.97 Å². The third-order valence-electron chi connectivity index (χ3n) is 4.81. The van der Waals surface area contributed by atoms with Gasteiger partial charge in [0.05, 0.1) is 28.0 Å². The molecule has 0 saturated heterocycles. The maximum Gasteiger partial charge on any atom is 0.152 e. The maximum absolute atomic E-state index is 6.85. The van der Waals surface area contributed by atoms with E-state index in [2.05, 4.69) is 16.0 Å². The first-order valence-corrected chi connectivity index (χ1v) is 9.39. The zero-order chi connectivity index (χ0) is 19.0. The second kappa shape index (κ2) is 7.04. The Kier molecular flexibility index (Phi) is 4.72. The molecule has 2 aromatic heterocycles. The number of nitrogens with two attached hydrogens (primary N) is 1. The molecular weight excluding hydrogens is 379 g/mol. The van der Waals surface area contributed by atoms with Crippen molar-refractivity contribution in [2.75, 3.05) is 0 Å². The molecule has 0 fully saturated rings. The first kappa shape index (κ1) is 18.1. The number of hydrogen-bond donors (Lipinski definition) is 1. The second-order valence-electron chi connectivity index (χ2n) is 6.79. The Morgan fingerprint density at radius 1 is 1.07 bits per heavy atom. The van der Waals surface area contributed by atoms with Crippen LogP contribution in [0.4, 0.5) is 0 Å². The molecule has 3 aromatic rings. The Labute approximate surface area is 168 Å². The van der Waals surface area contributed by atoms with Crippen LogP contribution in [0.1, 0.15) is 29.9 Å². The van der Waals surface area contributed by atoms with Gasteiger partial charge in [-0.15, -0.1) is 11.6 Å². The van der Waals surface area contributed by atoms with E-state index in [4.69, 9.17) is 33.9 Å². The zero-order valence-electron chi connectivity index (χ0n) is 14.7. The molecule has 0 aliphatic heterocycles. The van der Waals surface area contributed by atoms with Crippen molar-refractivity contribution in [1.82, 2.24) is 15.0 Å². The molecule has 2 heterocycles. The Bertz CT molecular complexity index is 1020. The first-order valence-electron chi connectivity index (χ1n) is 8.64. The molecule has 0 radical (unpaired) electrons. The molecule has 2 N–H and O–H groups in total. The van der Waals surface area contributed by atoms with Crippen LogP contribution in [0.2, 0.25) is 5.15 Å². The van der Waals surface area contributed by atoms with E-state index in [0.717, 1.165) is 28.1 Å². The minimum atomic E-state index is -0.650. The Balaban J connectivity index is 1.79. The van der Waals surface area contributed by atoms with Crippen LogP contribution in [0.3, 0.4) is 0 Å². The number of aromatic nitrogens is 3. The molecule has 2 atom stereocenters. The third-order valence-corrected chi connectivity index (χ3v) is 5.45. The molecule has 1 aromatic carbocycles. The van der Waals surface area contributed by atoms with Gasteiger partial charge in [0.1, 0.15) is 0 Å². The predicted molar refractivity (Wildman–Crippen MR) is 110 cm³/mol. The molecule has 0 saturated carbocycles. The number of hydrogen-bond acceptors (Lipinski definition) is 4. The highest BCUT2D eigenvalue weighted by atomic mass is 35.5. The summed E-state index contributed by atoms with van der Waals surface area (Å²) >= 11 is 13.0. The van der Waals surface area contributed by atoms with E-state index in [1.54, 1.807) is 6.20 Å². The number of alkyl halides is 1. The van der Waals surface area contributed by atoms with E-state index in [9.17, 15) is 0 Å². The molecule has 1 aliphatic rings. The van der Waals surface area contributed by atoms with Crippen molar-refractivity contribution >= 4 is 29.3 Å². The van der Waals surface area contributed by atoms with Crippen LogP contribution in [0, 0.1) is 0 Å². The van der Waals surface area contributed by atoms with Crippen molar-refractivity contribution in [2.24, 2.45) is 5.73 Å². The fourth-order valence-corrected chi connectivity index (χ4v) is 3.95. The lowest BCUT2D eigenvalue weighted by atomic mass is 9.81. The van der Waals surface area contributed by atoms with Gasteiger partial charge in [0.2, 0.25) is 0 Å². The molecular formula is C21H18Cl2N4. The highest BCUT2D eigenvalue weighted by Crippen LogP contribution is 2.42. The van der Waals surface area contributed by atoms with Crippen molar-refractivity contribution in [1.29, 1.82) is 0 Å².